The van der Waals surface area contributed by atoms with E-state index in [-0.39, 0.29) is 6.04 Å². The summed E-state index contributed by atoms with van der Waals surface area (Å²) in [5.41, 5.74) is 3.96. The van der Waals surface area contributed by atoms with Crippen molar-refractivity contribution in [2.45, 2.75) is 64.8 Å². The average molecular weight is 469 g/mol. The van der Waals surface area contributed by atoms with E-state index in [4.69, 9.17) is 14.2 Å². The fourth-order valence-corrected chi connectivity index (χ4v) is 4.81. The van der Waals surface area contributed by atoms with Gasteiger partial charge in [-0.25, -0.2) is 0 Å². The summed E-state index contributed by atoms with van der Waals surface area (Å²) in [4.78, 5) is 2.50. The van der Waals surface area contributed by atoms with Gasteiger partial charge in [0.1, 0.15) is 5.75 Å². The van der Waals surface area contributed by atoms with Crippen molar-refractivity contribution in [3.8, 4) is 17.2 Å². The minimum Gasteiger partial charge on any atom is -0.494 e. The Morgan fingerprint density at radius 1 is 0.882 bits per heavy atom. The molecule has 1 unspecified atom stereocenters. The molecule has 34 heavy (non-hydrogen) atoms. The third-order valence-electron chi connectivity index (χ3n) is 6.95. The standard InChI is InChI=1S/C29H44N2O3/c1-5-31(6-2)18-10-8-7-9-11-19-34-25-14-12-23(13-15-25)20-27-26-22-29(33-4)28(32-3)21-24(26)16-17-30-27/h12-15,21-22,27,30H,5-11,16-20H2,1-4H3. The van der Waals surface area contributed by atoms with Gasteiger partial charge in [-0.05, 0) is 92.8 Å². The Labute approximate surface area is 206 Å². The van der Waals surface area contributed by atoms with Crippen LogP contribution in [0, 0.1) is 0 Å². The van der Waals surface area contributed by atoms with E-state index in [1.54, 1.807) is 14.2 Å². The molecule has 1 N–H and O–H groups in total. The molecule has 2 aromatic rings. The largest absolute Gasteiger partial charge is 0.494 e. The molecule has 0 aliphatic carbocycles. The number of nitrogens with zero attached hydrogens (tertiary/aromatic N) is 1. The molecule has 2 aromatic carbocycles. The number of hydrogen-bond donors (Lipinski definition) is 1. The molecule has 0 aromatic heterocycles. The first-order valence-electron chi connectivity index (χ1n) is 13.1. The molecular formula is C29H44N2O3. The number of hydrogen-bond acceptors (Lipinski definition) is 5. The second-order valence-corrected chi connectivity index (χ2v) is 9.15. The zero-order valence-electron chi connectivity index (χ0n) is 21.7. The van der Waals surface area contributed by atoms with Gasteiger partial charge < -0.3 is 24.4 Å². The van der Waals surface area contributed by atoms with Gasteiger partial charge in [0.15, 0.2) is 11.5 Å². The maximum atomic E-state index is 5.99. The smallest absolute Gasteiger partial charge is 0.161 e. The highest BCUT2D eigenvalue weighted by atomic mass is 16.5. The Kier molecular flexibility index (Phi) is 11.0. The number of unbranched alkanes of at least 4 members (excludes halogenated alkanes) is 4. The molecule has 0 bridgehead atoms. The molecule has 0 radical (unpaired) electrons. The molecule has 5 nitrogen and oxygen atoms in total. The van der Waals surface area contributed by atoms with E-state index in [9.17, 15) is 0 Å². The average Bonchev–Trinajstić information content (AvgIpc) is 2.88. The van der Waals surface area contributed by atoms with Gasteiger partial charge in [0.05, 0.1) is 20.8 Å². The quantitative estimate of drug-likeness (QED) is 0.334. The van der Waals surface area contributed by atoms with Crippen LogP contribution in [0.3, 0.4) is 0 Å². The fourth-order valence-electron chi connectivity index (χ4n) is 4.81. The topological polar surface area (TPSA) is 43.0 Å². The Hall–Kier alpha value is -2.24. The lowest BCUT2D eigenvalue weighted by Gasteiger charge is -2.28. The summed E-state index contributed by atoms with van der Waals surface area (Å²) in [6.45, 7) is 9.83. The third-order valence-corrected chi connectivity index (χ3v) is 6.95. The summed E-state index contributed by atoms with van der Waals surface area (Å²) >= 11 is 0. The first-order valence-corrected chi connectivity index (χ1v) is 13.1. The summed E-state index contributed by atoms with van der Waals surface area (Å²) in [7, 11) is 3.39. The number of fused-ring (bicyclic) bond motifs is 1. The van der Waals surface area contributed by atoms with E-state index < -0.39 is 0 Å². The van der Waals surface area contributed by atoms with Crippen molar-refractivity contribution in [1.29, 1.82) is 0 Å². The van der Waals surface area contributed by atoms with Crippen molar-refractivity contribution in [3.63, 3.8) is 0 Å². The molecule has 0 saturated heterocycles. The molecule has 1 aliphatic rings. The summed E-state index contributed by atoms with van der Waals surface area (Å²) in [5.74, 6) is 2.57. The molecule has 1 aliphatic heterocycles. The molecular weight excluding hydrogens is 424 g/mol. The van der Waals surface area contributed by atoms with E-state index in [0.717, 1.165) is 62.8 Å². The maximum absolute atomic E-state index is 5.99. The van der Waals surface area contributed by atoms with Gasteiger partial charge in [-0.15, -0.1) is 0 Å². The summed E-state index contributed by atoms with van der Waals surface area (Å²) in [6.07, 6.45) is 8.26. The lowest BCUT2D eigenvalue weighted by Crippen LogP contribution is -2.31. The van der Waals surface area contributed by atoms with Crippen molar-refractivity contribution in [1.82, 2.24) is 10.2 Å². The van der Waals surface area contributed by atoms with Gasteiger partial charge in [-0.1, -0.05) is 45.2 Å². The van der Waals surface area contributed by atoms with Crippen molar-refractivity contribution >= 4 is 0 Å². The van der Waals surface area contributed by atoms with Crippen LogP contribution in [-0.2, 0) is 12.8 Å². The lowest BCUT2D eigenvalue weighted by atomic mass is 9.90. The minimum absolute atomic E-state index is 0.275. The molecule has 1 atom stereocenters. The van der Waals surface area contributed by atoms with Crippen molar-refractivity contribution in [2.75, 3.05) is 47.0 Å². The number of methoxy groups -OCH3 is 2. The minimum atomic E-state index is 0.275. The number of rotatable bonds is 15. The van der Waals surface area contributed by atoms with Gasteiger partial charge in [-0.3, -0.25) is 0 Å². The predicted octanol–water partition coefficient (Wildman–Crippen LogP) is 5.80. The molecule has 188 valence electrons. The molecule has 3 rings (SSSR count). The van der Waals surface area contributed by atoms with E-state index in [2.05, 4.69) is 60.5 Å². The Morgan fingerprint density at radius 2 is 1.56 bits per heavy atom. The SMILES string of the molecule is CCN(CC)CCCCCCCOc1ccc(CC2NCCc3cc(OC)c(OC)cc32)cc1. The van der Waals surface area contributed by atoms with Crippen LogP contribution in [0.4, 0.5) is 0 Å². The summed E-state index contributed by atoms with van der Waals surface area (Å²) < 4.78 is 17.0. The highest BCUT2D eigenvalue weighted by Gasteiger charge is 2.22. The zero-order chi connectivity index (χ0) is 24.2. The predicted molar refractivity (Wildman–Crippen MR) is 141 cm³/mol. The van der Waals surface area contributed by atoms with Crippen LogP contribution in [0.15, 0.2) is 36.4 Å². The molecule has 0 amide bonds. The van der Waals surface area contributed by atoms with Crippen LogP contribution >= 0.6 is 0 Å². The van der Waals surface area contributed by atoms with E-state index >= 15 is 0 Å². The first-order chi connectivity index (χ1) is 16.7. The van der Waals surface area contributed by atoms with Gasteiger partial charge in [-0.2, -0.15) is 0 Å². The van der Waals surface area contributed by atoms with E-state index in [1.165, 1.54) is 48.9 Å². The van der Waals surface area contributed by atoms with Crippen LogP contribution in [-0.4, -0.2) is 51.9 Å². The second kappa shape index (κ2) is 14.2. The van der Waals surface area contributed by atoms with Crippen molar-refractivity contribution < 1.29 is 14.2 Å². The number of nitrogens with one attached hydrogen (secondary N) is 1. The molecule has 0 spiro atoms. The van der Waals surface area contributed by atoms with Gasteiger partial charge >= 0.3 is 0 Å². The maximum Gasteiger partial charge on any atom is 0.161 e. The Balaban J connectivity index is 1.41. The third kappa shape index (κ3) is 7.64. The van der Waals surface area contributed by atoms with Gasteiger partial charge in [0.25, 0.3) is 0 Å². The van der Waals surface area contributed by atoms with Crippen LogP contribution in [0.25, 0.3) is 0 Å². The Morgan fingerprint density at radius 3 is 2.26 bits per heavy atom. The fraction of sp³-hybridized carbons (Fsp3) is 0.586. The molecule has 0 fully saturated rings. The van der Waals surface area contributed by atoms with Crippen molar-refractivity contribution in [3.05, 3.63) is 53.1 Å². The summed E-state index contributed by atoms with van der Waals surface area (Å²) in [5, 5.41) is 3.67. The van der Waals surface area contributed by atoms with Gasteiger partial charge in [0, 0.05) is 6.04 Å². The van der Waals surface area contributed by atoms with Crippen LogP contribution < -0.4 is 19.5 Å². The van der Waals surface area contributed by atoms with Crippen LogP contribution in [0.2, 0.25) is 0 Å². The lowest BCUT2D eigenvalue weighted by molar-refractivity contribution is 0.289. The first kappa shape index (κ1) is 26.4. The number of ether oxygens (including phenoxy) is 3. The highest BCUT2D eigenvalue weighted by Crippen LogP contribution is 2.36. The molecule has 1 heterocycles. The number of benzene rings is 2. The Bertz CT molecular complexity index is 849. The zero-order valence-corrected chi connectivity index (χ0v) is 21.7. The van der Waals surface area contributed by atoms with Crippen LogP contribution in [0.1, 0.15) is 68.7 Å². The summed E-state index contributed by atoms with van der Waals surface area (Å²) in [6, 6.07) is 13.1. The van der Waals surface area contributed by atoms with Crippen LogP contribution in [0.5, 0.6) is 17.2 Å². The van der Waals surface area contributed by atoms with E-state index in [1.807, 2.05) is 0 Å². The monoisotopic (exact) mass is 468 g/mol. The van der Waals surface area contributed by atoms with E-state index in [0.29, 0.717) is 0 Å². The normalized spacial score (nSPS) is 15.3. The van der Waals surface area contributed by atoms with Crippen molar-refractivity contribution in [2.24, 2.45) is 0 Å². The molecule has 0 saturated carbocycles. The second-order valence-electron chi connectivity index (χ2n) is 9.15. The van der Waals surface area contributed by atoms with Gasteiger partial charge in [0.2, 0.25) is 0 Å². The molecule has 5 heteroatoms. The highest BCUT2D eigenvalue weighted by molar-refractivity contribution is 5.49.